The Bertz CT molecular complexity index is 1300. The molecule has 1 amide bonds. The van der Waals surface area contributed by atoms with Gasteiger partial charge in [0, 0.05) is 5.56 Å². The van der Waals surface area contributed by atoms with Crippen LogP contribution in [0.2, 0.25) is 0 Å². The van der Waals surface area contributed by atoms with E-state index in [0.29, 0.717) is 16.8 Å². The summed E-state index contributed by atoms with van der Waals surface area (Å²) in [5, 5.41) is 3.02. The van der Waals surface area contributed by atoms with E-state index in [-0.39, 0.29) is 16.8 Å². The standard InChI is InChI=1S/C27H30N2O3S/c1-18-8-4-7-11-25(18)29-33(31,32)26-17-24(13-12-19(26)2)27(30)28-20(3)22-15-14-21-9-5-6-10-23(21)16-22/h4,7-8,11-17,20,29H,5-6,9-10H2,1-3H3,(H,28,30)/t20-/m0/s1. The van der Waals surface area contributed by atoms with Crippen LogP contribution in [0.4, 0.5) is 5.69 Å². The third-order valence-electron chi connectivity index (χ3n) is 6.35. The number of hydrogen-bond donors (Lipinski definition) is 2. The Labute approximate surface area is 196 Å². The number of carbonyl (C=O) groups excluding carboxylic acids is 1. The van der Waals surface area contributed by atoms with Crippen LogP contribution >= 0.6 is 0 Å². The molecular formula is C27H30N2O3S. The molecule has 0 unspecified atom stereocenters. The van der Waals surface area contributed by atoms with Gasteiger partial charge >= 0.3 is 0 Å². The van der Waals surface area contributed by atoms with E-state index in [1.54, 1.807) is 31.2 Å². The molecule has 0 saturated carbocycles. The lowest BCUT2D eigenvalue weighted by Crippen LogP contribution is -2.27. The first-order valence-corrected chi connectivity index (χ1v) is 12.8. The smallest absolute Gasteiger partial charge is 0.262 e. The van der Waals surface area contributed by atoms with Crippen molar-refractivity contribution in [2.24, 2.45) is 0 Å². The summed E-state index contributed by atoms with van der Waals surface area (Å²) in [5.41, 5.74) is 6.07. The van der Waals surface area contributed by atoms with Crippen molar-refractivity contribution in [3.8, 4) is 0 Å². The summed E-state index contributed by atoms with van der Waals surface area (Å²) in [6.45, 7) is 5.52. The summed E-state index contributed by atoms with van der Waals surface area (Å²) in [6.07, 6.45) is 4.63. The zero-order chi connectivity index (χ0) is 23.6. The molecule has 3 aromatic rings. The van der Waals surface area contributed by atoms with Gasteiger partial charge in [0.1, 0.15) is 0 Å². The first kappa shape index (κ1) is 23.1. The number of carbonyl (C=O) groups is 1. The number of para-hydroxylation sites is 1. The third kappa shape index (κ3) is 5.11. The zero-order valence-corrected chi connectivity index (χ0v) is 20.1. The minimum absolute atomic E-state index is 0.0971. The van der Waals surface area contributed by atoms with Crippen LogP contribution in [0.25, 0.3) is 0 Å². The molecule has 0 fully saturated rings. The monoisotopic (exact) mass is 462 g/mol. The van der Waals surface area contributed by atoms with E-state index in [9.17, 15) is 13.2 Å². The van der Waals surface area contributed by atoms with E-state index >= 15 is 0 Å². The maximum absolute atomic E-state index is 13.1. The number of aryl methyl sites for hydroxylation is 4. The number of anilines is 1. The molecule has 5 nitrogen and oxygen atoms in total. The number of amides is 1. The van der Waals surface area contributed by atoms with E-state index in [2.05, 4.69) is 28.2 Å². The molecule has 0 spiro atoms. The topological polar surface area (TPSA) is 75.3 Å². The van der Waals surface area contributed by atoms with Crippen molar-refractivity contribution in [3.05, 3.63) is 94.0 Å². The average molecular weight is 463 g/mol. The molecule has 6 heteroatoms. The molecule has 1 aliphatic carbocycles. The fourth-order valence-corrected chi connectivity index (χ4v) is 5.71. The second-order valence-electron chi connectivity index (χ2n) is 8.83. The molecule has 4 rings (SSSR count). The van der Waals surface area contributed by atoms with Crippen molar-refractivity contribution >= 4 is 21.6 Å². The highest BCUT2D eigenvalue weighted by Gasteiger charge is 2.21. The van der Waals surface area contributed by atoms with Gasteiger partial charge in [-0.2, -0.15) is 0 Å². The van der Waals surface area contributed by atoms with Crippen LogP contribution in [0.15, 0.2) is 65.6 Å². The van der Waals surface area contributed by atoms with Gasteiger partial charge in [-0.1, -0.05) is 42.5 Å². The molecular weight excluding hydrogens is 432 g/mol. The van der Waals surface area contributed by atoms with Crippen molar-refractivity contribution in [3.63, 3.8) is 0 Å². The van der Waals surface area contributed by atoms with Gasteiger partial charge in [-0.3, -0.25) is 9.52 Å². The van der Waals surface area contributed by atoms with Crippen LogP contribution in [-0.2, 0) is 22.9 Å². The summed E-state index contributed by atoms with van der Waals surface area (Å²) in [4.78, 5) is 13.1. The number of sulfonamides is 1. The largest absolute Gasteiger partial charge is 0.346 e. The normalized spacial score (nSPS) is 14.3. The van der Waals surface area contributed by atoms with Gasteiger partial charge in [-0.25, -0.2) is 8.42 Å². The Hall–Kier alpha value is -3.12. The van der Waals surface area contributed by atoms with E-state index in [0.717, 1.165) is 24.0 Å². The lowest BCUT2D eigenvalue weighted by atomic mass is 9.89. The van der Waals surface area contributed by atoms with Crippen molar-refractivity contribution in [2.75, 3.05) is 4.72 Å². The molecule has 3 aromatic carbocycles. The Balaban J connectivity index is 1.54. The molecule has 0 saturated heterocycles. The first-order valence-electron chi connectivity index (χ1n) is 11.4. The molecule has 1 aliphatic rings. The Kier molecular flexibility index (Phi) is 6.56. The van der Waals surface area contributed by atoms with Crippen molar-refractivity contribution in [1.29, 1.82) is 0 Å². The fourth-order valence-electron chi connectivity index (χ4n) is 4.30. The summed E-state index contributed by atoms with van der Waals surface area (Å²) < 4.78 is 28.8. The van der Waals surface area contributed by atoms with E-state index in [4.69, 9.17) is 0 Å². The van der Waals surface area contributed by atoms with Gasteiger partial charge in [0.05, 0.1) is 16.6 Å². The summed E-state index contributed by atoms with van der Waals surface area (Å²) in [5.74, 6) is -0.299. The summed E-state index contributed by atoms with van der Waals surface area (Å²) in [6, 6.07) is 18.2. The fraction of sp³-hybridized carbons (Fsp3) is 0.296. The number of hydrogen-bond acceptors (Lipinski definition) is 3. The van der Waals surface area contributed by atoms with Crippen LogP contribution < -0.4 is 10.0 Å². The van der Waals surface area contributed by atoms with E-state index in [1.807, 2.05) is 26.0 Å². The van der Waals surface area contributed by atoms with Crippen LogP contribution in [-0.4, -0.2) is 14.3 Å². The second-order valence-corrected chi connectivity index (χ2v) is 10.5. The third-order valence-corrected chi connectivity index (χ3v) is 7.86. The van der Waals surface area contributed by atoms with Crippen LogP contribution in [0.3, 0.4) is 0 Å². The van der Waals surface area contributed by atoms with Gasteiger partial charge in [0.25, 0.3) is 15.9 Å². The Morgan fingerprint density at radius 2 is 1.61 bits per heavy atom. The van der Waals surface area contributed by atoms with Gasteiger partial charge in [0.2, 0.25) is 0 Å². The van der Waals surface area contributed by atoms with Crippen LogP contribution in [0.1, 0.15) is 64.0 Å². The molecule has 0 bridgehead atoms. The van der Waals surface area contributed by atoms with E-state index < -0.39 is 10.0 Å². The molecule has 0 radical (unpaired) electrons. The maximum Gasteiger partial charge on any atom is 0.262 e. The van der Waals surface area contributed by atoms with Crippen molar-refractivity contribution < 1.29 is 13.2 Å². The van der Waals surface area contributed by atoms with Crippen molar-refractivity contribution in [1.82, 2.24) is 5.32 Å². The quantitative estimate of drug-likeness (QED) is 0.510. The number of fused-ring (bicyclic) bond motifs is 1. The number of nitrogens with one attached hydrogen (secondary N) is 2. The van der Waals surface area contributed by atoms with Crippen molar-refractivity contribution in [2.45, 2.75) is 57.4 Å². The SMILES string of the molecule is Cc1ccccc1NS(=O)(=O)c1cc(C(=O)N[C@@H](C)c2ccc3c(c2)CCCC3)ccc1C. The summed E-state index contributed by atoms with van der Waals surface area (Å²) >= 11 is 0. The van der Waals surface area contributed by atoms with Gasteiger partial charge < -0.3 is 5.32 Å². The lowest BCUT2D eigenvalue weighted by molar-refractivity contribution is 0.0939. The Morgan fingerprint density at radius 3 is 2.36 bits per heavy atom. The minimum atomic E-state index is -3.84. The average Bonchev–Trinajstić information content (AvgIpc) is 2.80. The number of rotatable bonds is 6. The van der Waals surface area contributed by atoms with Gasteiger partial charge in [-0.05, 0) is 92.5 Å². The summed E-state index contributed by atoms with van der Waals surface area (Å²) in [7, 11) is -3.84. The molecule has 1 atom stereocenters. The Morgan fingerprint density at radius 1 is 0.879 bits per heavy atom. The highest BCUT2D eigenvalue weighted by molar-refractivity contribution is 7.92. The van der Waals surface area contributed by atoms with Crippen LogP contribution in [0, 0.1) is 13.8 Å². The molecule has 0 heterocycles. The highest BCUT2D eigenvalue weighted by atomic mass is 32.2. The van der Waals surface area contributed by atoms with Gasteiger partial charge in [-0.15, -0.1) is 0 Å². The molecule has 2 N–H and O–H groups in total. The zero-order valence-electron chi connectivity index (χ0n) is 19.3. The second kappa shape index (κ2) is 9.40. The van der Waals surface area contributed by atoms with E-state index in [1.165, 1.54) is 30.0 Å². The predicted molar refractivity (Wildman–Crippen MR) is 132 cm³/mol. The first-order chi connectivity index (χ1) is 15.7. The molecule has 172 valence electrons. The maximum atomic E-state index is 13.1. The highest BCUT2D eigenvalue weighted by Crippen LogP contribution is 2.26. The lowest BCUT2D eigenvalue weighted by Gasteiger charge is -2.20. The molecule has 0 aliphatic heterocycles. The molecule has 0 aromatic heterocycles. The minimum Gasteiger partial charge on any atom is -0.346 e. The number of benzene rings is 3. The predicted octanol–water partition coefficient (Wildman–Crippen LogP) is 5.47. The van der Waals surface area contributed by atoms with Crippen LogP contribution in [0.5, 0.6) is 0 Å². The van der Waals surface area contributed by atoms with Gasteiger partial charge in [0.15, 0.2) is 0 Å². The molecule has 33 heavy (non-hydrogen) atoms.